The zero-order valence-corrected chi connectivity index (χ0v) is 15.8. The Balaban J connectivity index is 1.90. The molecular formula is C21H24N4O2. The average Bonchev–Trinajstić information content (AvgIpc) is 2.60. The Hall–Kier alpha value is -3.02. The molecule has 6 heteroatoms. The van der Waals surface area contributed by atoms with Crippen molar-refractivity contribution in [1.82, 2.24) is 9.97 Å². The minimum absolute atomic E-state index is 0.0442. The summed E-state index contributed by atoms with van der Waals surface area (Å²) < 4.78 is 0. The van der Waals surface area contributed by atoms with E-state index in [1.165, 1.54) is 17.7 Å². The van der Waals surface area contributed by atoms with E-state index in [1.54, 1.807) is 12.1 Å². The van der Waals surface area contributed by atoms with Crippen LogP contribution in [-0.4, -0.2) is 14.9 Å². The largest absolute Gasteiger partial charge is 0.368 e. The van der Waals surface area contributed by atoms with Crippen molar-refractivity contribution in [2.45, 2.75) is 33.6 Å². The molecule has 27 heavy (non-hydrogen) atoms. The summed E-state index contributed by atoms with van der Waals surface area (Å²) in [4.78, 5) is 19.0. The molecule has 1 unspecified atom stereocenters. The Morgan fingerprint density at radius 3 is 2.59 bits per heavy atom. The first-order chi connectivity index (χ1) is 12.8. The normalized spacial score (nSPS) is 19.1. The predicted molar refractivity (Wildman–Crippen MR) is 108 cm³/mol. The molecule has 0 radical (unpaired) electrons. The van der Waals surface area contributed by atoms with Crippen molar-refractivity contribution in [1.29, 1.82) is 0 Å². The van der Waals surface area contributed by atoms with Gasteiger partial charge in [-0.2, -0.15) is 0 Å². The van der Waals surface area contributed by atoms with Crippen LogP contribution in [0.25, 0.3) is 17.3 Å². The smallest absolute Gasteiger partial charge is 0.269 e. The molecular weight excluding hydrogens is 340 g/mol. The Kier molecular flexibility index (Phi) is 5.08. The van der Waals surface area contributed by atoms with Crippen molar-refractivity contribution in [3.63, 3.8) is 0 Å². The summed E-state index contributed by atoms with van der Waals surface area (Å²) in [6.07, 6.45) is 8.75. The van der Waals surface area contributed by atoms with Crippen molar-refractivity contribution < 1.29 is 4.92 Å². The van der Waals surface area contributed by atoms with E-state index in [2.05, 4.69) is 42.9 Å². The molecule has 0 amide bonds. The molecule has 140 valence electrons. The number of rotatable bonds is 4. The van der Waals surface area contributed by atoms with Crippen molar-refractivity contribution in [3.05, 3.63) is 63.9 Å². The number of hydrogen-bond donors (Lipinski definition) is 1. The SMILES string of the molecule is CC1=CCCC(C)(C)C1/C=C/c1cc(-c2ccc([N+](=O)[O-])cc2)nc(N)n1. The van der Waals surface area contributed by atoms with Crippen LogP contribution in [0.3, 0.4) is 0 Å². The molecule has 0 fully saturated rings. The molecule has 1 heterocycles. The zero-order chi connectivity index (χ0) is 19.6. The van der Waals surface area contributed by atoms with Crippen LogP contribution in [-0.2, 0) is 0 Å². The third-order valence-corrected chi connectivity index (χ3v) is 5.18. The molecule has 0 saturated carbocycles. The summed E-state index contributed by atoms with van der Waals surface area (Å²) in [5, 5.41) is 10.8. The average molecular weight is 364 g/mol. The highest BCUT2D eigenvalue weighted by Gasteiger charge is 2.30. The van der Waals surface area contributed by atoms with E-state index in [1.807, 2.05) is 12.1 Å². The van der Waals surface area contributed by atoms with Gasteiger partial charge in [-0.3, -0.25) is 10.1 Å². The first-order valence-corrected chi connectivity index (χ1v) is 9.00. The Bertz CT molecular complexity index is 914. The number of nitro groups is 1. The van der Waals surface area contributed by atoms with Gasteiger partial charge >= 0.3 is 0 Å². The fourth-order valence-electron chi connectivity index (χ4n) is 3.65. The Labute approximate surface area is 159 Å². The van der Waals surface area contributed by atoms with Crippen molar-refractivity contribution in [2.24, 2.45) is 11.3 Å². The van der Waals surface area contributed by atoms with Crippen LogP contribution in [0.15, 0.2) is 48.1 Å². The van der Waals surface area contributed by atoms with Crippen LogP contribution in [0.2, 0.25) is 0 Å². The van der Waals surface area contributed by atoms with Gasteiger partial charge in [0, 0.05) is 23.6 Å². The lowest BCUT2D eigenvalue weighted by Gasteiger charge is -2.36. The van der Waals surface area contributed by atoms with Gasteiger partial charge < -0.3 is 5.73 Å². The first-order valence-electron chi connectivity index (χ1n) is 9.00. The molecule has 1 atom stereocenters. The molecule has 0 aliphatic heterocycles. The van der Waals surface area contributed by atoms with Crippen molar-refractivity contribution >= 4 is 17.7 Å². The highest BCUT2D eigenvalue weighted by atomic mass is 16.6. The van der Waals surface area contributed by atoms with Crippen LogP contribution in [0, 0.1) is 21.4 Å². The zero-order valence-electron chi connectivity index (χ0n) is 15.8. The number of benzene rings is 1. The van der Waals surface area contributed by atoms with Crippen molar-refractivity contribution in [3.8, 4) is 11.3 Å². The number of hydrogen-bond acceptors (Lipinski definition) is 5. The molecule has 2 N–H and O–H groups in total. The van der Waals surface area contributed by atoms with E-state index in [0.717, 1.165) is 24.1 Å². The van der Waals surface area contributed by atoms with Crippen molar-refractivity contribution in [2.75, 3.05) is 5.73 Å². The highest BCUT2D eigenvalue weighted by Crippen LogP contribution is 2.41. The van der Waals surface area contributed by atoms with Crippen LogP contribution < -0.4 is 5.73 Å². The third kappa shape index (κ3) is 4.22. The van der Waals surface area contributed by atoms with E-state index < -0.39 is 4.92 Å². The molecule has 0 saturated heterocycles. The van der Waals surface area contributed by atoms with Gasteiger partial charge in [-0.25, -0.2) is 9.97 Å². The van der Waals surface area contributed by atoms with Gasteiger partial charge in [0.25, 0.3) is 5.69 Å². The Morgan fingerprint density at radius 1 is 1.26 bits per heavy atom. The lowest BCUT2D eigenvalue weighted by molar-refractivity contribution is -0.384. The molecule has 0 spiro atoms. The number of nitrogens with zero attached hydrogens (tertiary/aromatic N) is 3. The molecule has 3 rings (SSSR count). The van der Waals surface area contributed by atoms with Gasteiger partial charge in [0.05, 0.1) is 16.3 Å². The van der Waals surface area contributed by atoms with Crippen LogP contribution in [0.1, 0.15) is 39.3 Å². The van der Waals surface area contributed by atoms with Crippen LogP contribution in [0.5, 0.6) is 0 Å². The second-order valence-corrected chi connectivity index (χ2v) is 7.65. The van der Waals surface area contributed by atoms with Gasteiger partial charge in [0.2, 0.25) is 5.95 Å². The van der Waals surface area contributed by atoms with Gasteiger partial charge in [-0.05, 0) is 49.5 Å². The van der Waals surface area contributed by atoms with Gasteiger partial charge in [-0.15, -0.1) is 0 Å². The number of allylic oxidation sites excluding steroid dienone is 3. The maximum absolute atomic E-state index is 10.8. The van der Waals surface area contributed by atoms with E-state index in [-0.39, 0.29) is 17.1 Å². The molecule has 0 bridgehead atoms. The van der Waals surface area contributed by atoms with E-state index >= 15 is 0 Å². The minimum atomic E-state index is -0.423. The maximum Gasteiger partial charge on any atom is 0.269 e. The molecule has 1 aromatic carbocycles. The summed E-state index contributed by atoms with van der Waals surface area (Å²) in [6, 6.07) is 8.11. The van der Waals surface area contributed by atoms with Crippen LogP contribution in [0.4, 0.5) is 11.6 Å². The minimum Gasteiger partial charge on any atom is -0.368 e. The van der Waals surface area contributed by atoms with E-state index in [0.29, 0.717) is 11.6 Å². The second kappa shape index (κ2) is 7.31. The Morgan fingerprint density at radius 2 is 1.96 bits per heavy atom. The van der Waals surface area contributed by atoms with Crippen LogP contribution >= 0.6 is 0 Å². The number of anilines is 1. The topological polar surface area (TPSA) is 94.9 Å². The number of non-ortho nitro benzene ring substituents is 1. The highest BCUT2D eigenvalue weighted by molar-refractivity contribution is 5.65. The summed E-state index contributed by atoms with van der Waals surface area (Å²) in [5.74, 6) is 0.533. The van der Waals surface area contributed by atoms with Gasteiger partial charge in [-0.1, -0.05) is 31.6 Å². The van der Waals surface area contributed by atoms with Gasteiger partial charge in [0.1, 0.15) is 0 Å². The predicted octanol–water partition coefficient (Wildman–Crippen LogP) is 5.03. The quantitative estimate of drug-likeness (QED) is 0.466. The van der Waals surface area contributed by atoms with E-state index in [9.17, 15) is 10.1 Å². The van der Waals surface area contributed by atoms with Gasteiger partial charge in [0.15, 0.2) is 0 Å². The monoisotopic (exact) mass is 364 g/mol. The summed E-state index contributed by atoms with van der Waals surface area (Å²) in [7, 11) is 0. The molecule has 2 aromatic rings. The number of nitro benzene ring substituents is 1. The summed E-state index contributed by atoms with van der Waals surface area (Å²) >= 11 is 0. The second-order valence-electron chi connectivity index (χ2n) is 7.65. The fraction of sp³-hybridized carbons (Fsp3) is 0.333. The lowest BCUT2D eigenvalue weighted by atomic mass is 9.68. The summed E-state index contributed by atoms with van der Waals surface area (Å²) in [6.45, 7) is 6.75. The fourth-order valence-corrected chi connectivity index (χ4v) is 3.65. The third-order valence-electron chi connectivity index (χ3n) is 5.18. The van der Waals surface area contributed by atoms with E-state index in [4.69, 9.17) is 5.73 Å². The molecule has 1 aliphatic rings. The molecule has 6 nitrogen and oxygen atoms in total. The standard InChI is InChI=1S/C21H24N4O2/c1-14-5-4-12-21(2,3)18(14)11-8-16-13-19(24-20(22)23-16)15-6-9-17(10-7-15)25(26)27/h5-11,13,18H,4,12H2,1-3H3,(H2,22,23,24)/b11-8+. The number of nitrogen functional groups attached to an aromatic ring is 1. The first kappa shape index (κ1) is 18.8. The maximum atomic E-state index is 10.8. The number of nitrogens with two attached hydrogens (primary N) is 1. The lowest BCUT2D eigenvalue weighted by Crippen LogP contribution is -2.26. The summed E-state index contributed by atoms with van der Waals surface area (Å²) in [5.41, 5.74) is 9.65. The number of aromatic nitrogens is 2. The molecule has 1 aliphatic carbocycles. The molecule has 1 aromatic heterocycles.